The van der Waals surface area contributed by atoms with Gasteiger partial charge < -0.3 is 14.5 Å². The van der Waals surface area contributed by atoms with Crippen molar-refractivity contribution >= 4 is 11.6 Å². The molecule has 2 aromatic rings. The number of ether oxygens (including phenoxy) is 1. The summed E-state index contributed by atoms with van der Waals surface area (Å²) in [6.07, 6.45) is 4.84. The number of rotatable bonds is 6. The van der Waals surface area contributed by atoms with E-state index < -0.39 is 0 Å². The molecule has 0 saturated heterocycles. The summed E-state index contributed by atoms with van der Waals surface area (Å²) in [5.74, 6) is 1.09. The fraction of sp³-hybridized carbons (Fsp3) is 0.385. The standard InChI is InChI=1S/C13H16ClN3O2/c1-9(2)4-15-6-11-8-18-13(17-11)19-12-3-10(14)5-16-7-12/h3,5,7-9,15H,4,6H2,1-2H3. The van der Waals surface area contributed by atoms with Gasteiger partial charge in [0.15, 0.2) is 5.75 Å². The predicted molar refractivity (Wildman–Crippen MR) is 72.4 cm³/mol. The molecular formula is C13H16ClN3O2. The molecule has 0 aliphatic heterocycles. The molecule has 5 nitrogen and oxygen atoms in total. The molecule has 1 N–H and O–H groups in total. The quantitative estimate of drug-likeness (QED) is 0.880. The van der Waals surface area contributed by atoms with E-state index in [9.17, 15) is 0 Å². The van der Waals surface area contributed by atoms with Crippen LogP contribution in [0.1, 0.15) is 19.5 Å². The summed E-state index contributed by atoms with van der Waals surface area (Å²) < 4.78 is 10.6. The minimum atomic E-state index is 0.186. The Labute approximate surface area is 117 Å². The fourth-order valence-electron chi connectivity index (χ4n) is 1.45. The van der Waals surface area contributed by atoms with E-state index in [0.717, 1.165) is 12.2 Å². The highest BCUT2D eigenvalue weighted by molar-refractivity contribution is 6.30. The average Bonchev–Trinajstić information content (AvgIpc) is 2.76. The van der Waals surface area contributed by atoms with Gasteiger partial charge in [0, 0.05) is 18.8 Å². The molecule has 102 valence electrons. The van der Waals surface area contributed by atoms with Crippen LogP contribution in [0.4, 0.5) is 0 Å². The summed E-state index contributed by atoms with van der Waals surface area (Å²) in [5, 5.41) is 3.78. The lowest BCUT2D eigenvalue weighted by molar-refractivity contribution is 0.330. The van der Waals surface area contributed by atoms with Crippen LogP contribution in [0.5, 0.6) is 11.8 Å². The first-order valence-corrected chi connectivity index (χ1v) is 6.45. The summed E-state index contributed by atoms with van der Waals surface area (Å²) in [6.45, 7) is 5.88. The van der Waals surface area contributed by atoms with E-state index in [-0.39, 0.29) is 6.08 Å². The largest absolute Gasteiger partial charge is 0.417 e. The summed E-state index contributed by atoms with van der Waals surface area (Å²) in [7, 11) is 0. The van der Waals surface area contributed by atoms with Crippen molar-refractivity contribution in [3.8, 4) is 11.8 Å². The van der Waals surface area contributed by atoms with Crippen LogP contribution in [0, 0.1) is 5.92 Å². The van der Waals surface area contributed by atoms with Crippen LogP contribution in [-0.2, 0) is 6.54 Å². The van der Waals surface area contributed by atoms with E-state index in [1.54, 1.807) is 18.5 Å². The Morgan fingerprint density at radius 3 is 3.00 bits per heavy atom. The Morgan fingerprint density at radius 1 is 1.42 bits per heavy atom. The fourth-order valence-corrected chi connectivity index (χ4v) is 1.62. The molecule has 6 heteroatoms. The number of hydrogen-bond donors (Lipinski definition) is 1. The van der Waals surface area contributed by atoms with E-state index in [1.807, 2.05) is 0 Å². The third-order valence-corrected chi connectivity index (χ3v) is 2.48. The number of hydrogen-bond acceptors (Lipinski definition) is 5. The molecule has 0 aromatic carbocycles. The van der Waals surface area contributed by atoms with Crippen LogP contribution >= 0.6 is 11.6 Å². The smallest absolute Gasteiger partial charge is 0.399 e. The lowest BCUT2D eigenvalue weighted by atomic mass is 10.2. The average molecular weight is 282 g/mol. The third-order valence-electron chi connectivity index (χ3n) is 2.27. The van der Waals surface area contributed by atoms with Crippen molar-refractivity contribution in [2.24, 2.45) is 5.92 Å². The molecule has 2 rings (SSSR count). The van der Waals surface area contributed by atoms with Crippen LogP contribution in [0.2, 0.25) is 5.02 Å². The maximum Gasteiger partial charge on any atom is 0.399 e. The van der Waals surface area contributed by atoms with Gasteiger partial charge in [0.05, 0.1) is 16.9 Å². The van der Waals surface area contributed by atoms with Crippen molar-refractivity contribution in [2.75, 3.05) is 6.54 Å². The highest BCUT2D eigenvalue weighted by Crippen LogP contribution is 2.22. The SMILES string of the molecule is CC(C)CNCc1coc(Oc2cncc(Cl)c2)n1. The van der Waals surface area contributed by atoms with Gasteiger partial charge in [-0.3, -0.25) is 4.98 Å². The van der Waals surface area contributed by atoms with E-state index in [1.165, 1.54) is 6.20 Å². The third kappa shape index (κ3) is 4.54. The van der Waals surface area contributed by atoms with Gasteiger partial charge in [0.1, 0.15) is 6.26 Å². The van der Waals surface area contributed by atoms with Crippen LogP contribution < -0.4 is 10.1 Å². The van der Waals surface area contributed by atoms with Crippen molar-refractivity contribution < 1.29 is 9.15 Å². The molecule has 0 bridgehead atoms. The first kappa shape index (κ1) is 13.8. The number of aromatic nitrogens is 2. The lowest BCUT2D eigenvalue weighted by Gasteiger charge is -2.04. The molecule has 19 heavy (non-hydrogen) atoms. The highest BCUT2D eigenvalue weighted by Gasteiger charge is 2.07. The topological polar surface area (TPSA) is 60.2 Å². The van der Waals surface area contributed by atoms with Gasteiger partial charge in [-0.25, -0.2) is 0 Å². The first-order valence-electron chi connectivity index (χ1n) is 6.07. The van der Waals surface area contributed by atoms with Crippen molar-refractivity contribution in [3.05, 3.63) is 35.4 Å². The van der Waals surface area contributed by atoms with Crippen molar-refractivity contribution in [1.29, 1.82) is 0 Å². The Kier molecular flexibility index (Phi) is 4.76. The van der Waals surface area contributed by atoms with Crippen LogP contribution in [0.15, 0.2) is 29.1 Å². The van der Waals surface area contributed by atoms with Crippen LogP contribution in [-0.4, -0.2) is 16.5 Å². The zero-order chi connectivity index (χ0) is 13.7. The number of nitrogens with zero attached hydrogens (tertiary/aromatic N) is 2. The van der Waals surface area contributed by atoms with Crippen LogP contribution in [0.3, 0.4) is 0 Å². The predicted octanol–water partition coefficient (Wildman–Crippen LogP) is 3.26. The molecule has 0 amide bonds. The maximum absolute atomic E-state index is 5.81. The monoisotopic (exact) mass is 281 g/mol. The molecular weight excluding hydrogens is 266 g/mol. The molecule has 0 aliphatic rings. The van der Waals surface area contributed by atoms with Gasteiger partial charge in [0.2, 0.25) is 0 Å². The molecule has 0 radical (unpaired) electrons. The molecule has 0 atom stereocenters. The molecule has 0 spiro atoms. The molecule has 0 saturated carbocycles. The van der Waals surface area contributed by atoms with Gasteiger partial charge >= 0.3 is 6.08 Å². The number of oxazole rings is 1. The molecule has 0 unspecified atom stereocenters. The normalized spacial score (nSPS) is 10.9. The summed E-state index contributed by atoms with van der Waals surface area (Å²) in [4.78, 5) is 8.13. The Morgan fingerprint density at radius 2 is 2.26 bits per heavy atom. The van der Waals surface area contributed by atoms with Crippen LogP contribution in [0.25, 0.3) is 0 Å². The summed E-state index contributed by atoms with van der Waals surface area (Å²) in [6, 6.07) is 1.65. The number of nitrogens with one attached hydrogen (secondary N) is 1. The highest BCUT2D eigenvalue weighted by atomic mass is 35.5. The molecule has 2 aromatic heterocycles. The van der Waals surface area contributed by atoms with Crippen molar-refractivity contribution in [1.82, 2.24) is 15.3 Å². The van der Waals surface area contributed by atoms with E-state index >= 15 is 0 Å². The van der Waals surface area contributed by atoms with Gasteiger partial charge in [-0.15, -0.1) is 0 Å². The van der Waals surface area contributed by atoms with Crippen molar-refractivity contribution in [2.45, 2.75) is 20.4 Å². The second-order valence-corrected chi connectivity index (χ2v) is 5.01. The second-order valence-electron chi connectivity index (χ2n) is 4.57. The lowest BCUT2D eigenvalue weighted by Crippen LogP contribution is -2.19. The Bertz CT molecular complexity index is 528. The van der Waals surface area contributed by atoms with Crippen molar-refractivity contribution in [3.63, 3.8) is 0 Å². The first-order chi connectivity index (χ1) is 9.13. The van der Waals surface area contributed by atoms with Gasteiger partial charge in [-0.2, -0.15) is 4.98 Å². The molecule has 0 aliphatic carbocycles. The van der Waals surface area contributed by atoms with E-state index in [4.69, 9.17) is 20.8 Å². The van der Waals surface area contributed by atoms with Gasteiger partial charge in [-0.05, 0) is 12.5 Å². The minimum absolute atomic E-state index is 0.186. The zero-order valence-corrected chi connectivity index (χ0v) is 11.6. The number of halogens is 1. The van der Waals surface area contributed by atoms with E-state index in [0.29, 0.717) is 23.2 Å². The Hall–Kier alpha value is -1.59. The Balaban J connectivity index is 1.90. The minimum Gasteiger partial charge on any atom is -0.417 e. The maximum atomic E-state index is 5.81. The molecule has 2 heterocycles. The van der Waals surface area contributed by atoms with Gasteiger partial charge in [0.25, 0.3) is 0 Å². The molecule has 0 fully saturated rings. The summed E-state index contributed by atoms with van der Waals surface area (Å²) in [5.41, 5.74) is 0.797. The second kappa shape index (κ2) is 6.54. The van der Waals surface area contributed by atoms with E-state index in [2.05, 4.69) is 29.1 Å². The zero-order valence-electron chi connectivity index (χ0n) is 10.9. The summed E-state index contributed by atoms with van der Waals surface area (Å²) >= 11 is 5.81. The van der Waals surface area contributed by atoms with Gasteiger partial charge in [-0.1, -0.05) is 25.4 Å². The number of pyridine rings is 1.